The minimum Gasteiger partial charge on any atom is -0.497 e. The van der Waals surface area contributed by atoms with Gasteiger partial charge in [-0.05, 0) is 30.9 Å². The van der Waals surface area contributed by atoms with Crippen molar-refractivity contribution in [3.8, 4) is 11.8 Å². The summed E-state index contributed by atoms with van der Waals surface area (Å²) in [5, 5.41) is 12.3. The number of carbonyl (C=O) groups excluding carboxylic acids is 1. The molecule has 1 heterocycles. The van der Waals surface area contributed by atoms with Crippen molar-refractivity contribution in [1.29, 1.82) is 5.26 Å². The second-order valence-electron chi connectivity index (χ2n) is 6.26. The Hall–Kier alpha value is -1.78. The number of carbonyl (C=O) groups is 1. The lowest BCUT2D eigenvalue weighted by Gasteiger charge is -2.33. The fraction of sp³-hybridized carbons (Fsp3) is 0.500. The number of hydrogen-bond acceptors (Lipinski definition) is 6. The number of thiazole rings is 1. The maximum absolute atomic E-state index is 12.4. The van der Waals surface area contributed by atoms with Crippen molar-refractivity contribution in [3.05, 3.63) is 23.2 Å². The molecule has 1 aliphatic carbocycles. The molecule has 3 rings (SSSR count). The maximum atomic E-state index is 12.4. The summed E-state index contributed by atoms with van der Waals surface area (Å²) in [7, 11) is 1.64. The zero-order valence-electron chi connectivity index (χ0n) is 14.1. The van der Waals surface area contributed by atoms with Crippen molar-refractivity contribution >= 4 is 40.1 Å². The Balaban J connectivity index is 1.83. The number of hydrogen-bond donors (Lipinski definition) is 2. The van der Waals surface area contributed by atoms with Gasteiger partial charge in [0.05, 0.1) is 28.6 Å². The van der Waals surface area contributed by atoms with Crippen LogP contribution >= 0.6 is 24.0 Å². The van der Waals surface area contributed by atoms with Crippen LogP contribution in [0.2, 0.25) is 0 Å². The van der Waals surface area contributed by atoms with Crippen LogP contribution in [0, 0.1) is 23.2 Å². The Bertz CT molecular complexity index is 799. The van der Waals surface area contributed by atoms with Gasteiger partial charge in [-0.15, -0.1) is 11.3 Å². The minimum absolute atomic E-state index is 0.0342. The topological polar surface area (TPSA) is 75.0 Å². The van der Waals surface area contributed by atoms with Crippen LogP contribution in [0.4, 0.5) is 0 Å². The van der Waals surface area contributed by atoms with Crippen molar-refractivity contribution in [2.75, 3.05) is 13.7 Å². The fourth-order valence-corrected chi connectivity index (χ4v) is 5.07. The van der Waals surface area contributed by atoms with E-state index < -0.39 is 0 Å². The van der Waals surface area contributed by atoms with E-state index in [0.29, 0.717) is 0 Å². The molecular weight excluding hydrogens is 354 g/mol. The standard InChI is InChI=1S/C18H21N3O2S2/c1-23-11-6-7-15-14(10-11)21-18(25-15)16(24)12-4-2-3-5-13(12)17(22)20-9-8-19/h6-7,10,12-13,16,24H,2-5,9H2,1H3,(H,20,22)/t12-,13-,16?/m0/s1. The first-order valence-corrected chi connectivity index (χ1v) is 9.74. The van der Waals surface area contributed by atoms with Crippen LogP contribution in [0.25, 0.3) is 10.2 Å². The molecule has 0 spiro atoms. The van der Waals surface area contributed by atoms with Crippen molar-refractivity contribution < 1.29 is 9.53 Å². The lowest BCUT2D eigenvalue weighted by Crippen LogP contribution is -2.38. The molecule has 7 heteroatoms. The average molecular weight is 376 g/mol. The second-order valence-corrected chi connectivity index (χ2v) is 7.88. The zero-order chi connectivity index (χ0) is 17.8. The Labute approximate surface area is 156 Å². The van der Waals surface area contributed by atoms with Gasteiger partial charge in [-0.1, -0.05) is 12.8 Å². The minimum atomic E-state index is -0.105. The highest BCUT2D eigenvalue weighted by molar-refractivity contribution is 7.80. The van der Waals surface area contributed by atoms with E-state index in [0.717, 1.165) is 46.7 Å². The number of aromatic nitrogens is 1. The normalized spacial score (nSPS) is 21.5. The van der Waals surface area contributed by atoms with Gasteiger partial charge >= 0.3 is 0 Å². The number of fused-ring (bicyclic) bond motifs is 1. The molecular formula is C18H21N3O2S2. The SMILES string of the molecule is COc1ccc2sc(C(S)[C@H]3CCCC[C@@H]3C(=O)NCC#N)nc2c1. The monoisotopic (exact) mass is 375 g/mol. The number of nitriles is 1. The summed E-state index contributed by atoms with van der Waals surface area (Å²) in [6.45, 7) is 0.0558. The van der Waals surface area contributed by atoms with Gasteiger partial charge in [0.2, 0.25) is 5.91 Å². The molecule has 5 nitrogen and oxygen atoms in total. The lowest BCUT2D eigenvalue weighted by molar-refractivity contribution is -0.127. The molecule has 1 aliphatic rings. The summed E-state index contributed by atoms with van der Waals surface area (Å²) in [5.74, 6) is 0.781. The first-order valence-electron chi connectivity index (χ1n) is 8.41. The van der Waals surface area contributed by atoms with E-state index in [9.17, 15) is 4.79 Å². The molecule has 1 aromatic carbocycles. The highest BCUT2D eigenvalue weighted by atomic mass is 32.1. The molecule has 2 aromatic rings. The van der Waals surface area contributed by atoms with Crippen LogP contribution < -0.4 is 10.1 Å². The summed E-state index contributed by atoms with van der Waals surface area (Å²) < 4.78 is 6.35. The van der Waals surface area contributed by atoms with E-state index in [4.69, 9.17) is 27.6 Å². The summed E-state index contributed by atoms with van der Waals surface area (Å²) >= 11 is 6.46. The van der Waals surface area contributed by atoms with Crippen molar-refractivity contribution in [2.45, 2.75) is 30.9 Å². The number of rotatable bonds is 5. The molecule has 0 aliphatic heterocycles. The van der Waals surface area contributed by atoms with Gasteiger partial charge in [-0.2, -0.15) is 17.9 Å². The van der Waals surface area contributed by atoms with Gasteiger partial charge in [-0.3, -0.25) is 4.79 Å². The highest BCUT2D eigenvalue weighted by Crippen LogP contribution is 2.44. The Kier molecular flexibility index (Phi) is 5.82. The van der Waals surface area contributed by atoms with Crippen molar-refractivity contribution in [2.24, 2.45) is 11.8 Å². The van der Waals surface area contributed by atoms with Gasteiger partial charge in [0.1, 0.15) is 17.3 Å². The predicted molar refractivity (Wildman–Crippen MR) is 102 cm³/mol. The number of benzene rings is 1. The average Bonchev–Trinajstić information content (AvgIpc) is 3.08. The smallest absolute Gasteiger partial charge is 0.224 e. The van der Waals surface area contributed by atoms with Crippen LogP contribution in [-0.4, -0.2) is 24.5 Å². The van der Waals surface area contributed by atoms with Crippen LogP contribution in [0.1, 0.15) is 35.9 Å². The van der Waals surface area contributed by atoms with E-state index in [1.165, 1.54) is 0 Å². The quantitative estimate of drug-likeness (QED) is 0.617. The predicted octanol–water partition coefficient (Wildman–Crippen LogP) is 3.72. The van der Waals surface area contributed by atoms with Crippen LogP contribution in [0.15, 0.2) is 18.2 Å². The van der Waals surface area contributed by atoms with Crippen molar-refractivity contribution in [1.82, 2.24) is 10.3 Å². The van der Waals surface area contributed by atoms with Gasteiger partial charge in [-0.25, -0.2) is 4.98 Å². The third kappa shape index (κ3) is 3.91. The molecule has 1 amide bonds. The summed E-state index contributed by atoms with van der Waals surface area (Å²) in [6.07, 6.45) is 3.94. The molecule has 0 bridgehead atoms. The van der Waals surface area contributed by atoms with E-state index in [2.05, 4.69) is 5.32 Å². The number of nitrogens with one attached hydrogen (secondary N) is 1. The van der Waals surface area contributed by atoms with Gasteiger partial charge < -0.3 is 10.1 Å². The summed E-state index contributed by atoms with van der Waals surface area (Å²) in [4.78, 5) is 17.2. The molecule has 0 saturated heterocycles. The van der Waals surface area contributed by atoms with Crippen LogP contribution in [-0.2, 0) is 4.79 Å². The third-order valence-corrected chi connectivity index (χ3v) is 6.69. The fourth-order valence-electron chi connectivity index (χ4n) is 3.48. The molecule has 1 N–H and O–H groups in total. The zero-order valence-corrected chi connectivity index (χ0v) is 15.8. The lowest BCUT2D eigenvalue weighted by atomic mass is 9.76. The van der Waals surface area contributed by atoms with Gasteiger partial charge in [0.15, 0.2) is 0 Å². The molecule has 3 atom stereocenters. The molecule has 25 heavy (non-hydrogen) atoms. The van der Waals surface area contributed by atoms with Crippen molar-refractivity contribution in [3.63, 3.8) is 0 Å². The molecule has 1 aromatic heterocycles. The van der Waals surface area contributed by atoms with E-state index in [-0.39, 0.29) is 29.5 Å². The molecule has 0 radical (unpaired) electrons. The summed E-state index contributed by atoms with van der Waals surface area (Å²) in [5.41, 5.74) is 0.902. The molecule has 1 saturated carbocycles. The number of amides is 1. The third-order valence-electron chi connectivity index (χ3n) is 4.77. The number of nitrogens with zero attached hydrogens (tertiary/aromatic N) is 2. The highest BCUT2D eigenvalue weighted by Gasteiger charge is 2.36. The maximum Gasteiger partial charge on any atom is 0.224 e. The Morgan fingerprint density at radius 2 is 2.32 bits per heavy atom. The Morgan fingerprint density at radius 3 is 3.08 bits per heavy atom. The second kappa shape index (κ2) is 8.07. The molecule has 132 valence electrons. The Morgan fingerprint density at radius 1 is 1.52 bits per heavy atom. The van der Waals surface area contributed by atoms with E-state index >= 15 is 0 Å². The molecule has 1 unspecified atom stereocenters. The van der Waals surface area contributed by atoms with Gasteiger partial charge in [0.25, 0.3) is 0 Å². The number of ether oxygens (including phenoxy) is 1. The van der Waals surface area contributed by atoms with Gasteiger partial charge in [0, 0.05) is 12.0 Å². The number of methoxy groups -OCH3 is 1. The first kappa shape index (κ1) is 18.0. The summed E-state index contributed by atoms with van der Waals surface area (Å²) in [6, 6.07) is 7.83. The largest absolute Gasteiger partial charge is 0.497 e. The van der Waals surface area contributed by atoms with Crippen LogP contribution in [0.3, 0.4) is 0 Å². The van der Waals surface area contributed by atoms with Crippen LogP contribution in [0.5, 0.6) is 5.75 Å². The number of thiol groups is 1. The molecule has 1 fully saturated rings. The first-order chi connectivity index (χ1) is 12.1. The van der Waals surface area contributed by atoms with E-state index in [1.54, 1.807) is 18.4 Å². The van der Waals surface area contributed by atoms with E-state index in [1.807, 2.05) is 24.3 Å².